The highest BCUT2D eigenvalue weighted by Crippen LogP contribution is 2.40. The lowest BCUT2D eigenvalue weighted by Crippen LogP contribution is -2.43. The standard InChI is InChI=1S/C13H18ClN3/c14-12-7-6-10(15)13(16-12)17-8-2-4-9-3-1-5-11(9)17/h6-7,9,11H,1-5,8,15H2. The molecule has 2 aliphatic rings. The van der Waals surface area contributed by atoms with Gasteiger partial charge in [-0.25, -0.2) is 4.98 Å². The molecule has 0 amide bonds. The average molecular weight is 252 g/mol. The van der Waals surface area contributed by atoms with Gasteiger partial charge in [0.15, 0.2) is 5.82 Å². The molecule has 0 spiro atoms. The Balaban J connectivity index is 1.94. The summed E-state index contributed by atoms with van der Waals surface area (Å²) in [6.45, 7) is 1.07. The van der Waals surface area contributed by atoms with Crippen molar-refractivity contribution in [2.75, 3.05) is 17.2 Å². The summed E-state index contributed by atoms with van der Waals surface area (Å²) < 4.78 is 0. The van der Waals surface area contributed by atoms with Gasteiger partial charge in [-0.1, -0.05) is 18.0 Å². The van der Waals surface area contributed by atoms with Crippen LogP contribution in [0.15, 0.2) is 12.1 Å². The molecule has 17 heavy (non-hydrogen) atoms. The monoisotopic (exact) mass is 251 g/mol. The normalized spacial score (nSPS) is 28.2. The summed E-state index contributed by atoms with van der Waals surface area (Å²) in [6.07, 6.45) is 6.59. The van der Waals surface area contributed by atoms with Crippen LogP contribution in [0, 0.1) is 5.92 Å². The van der Waals surface area contributed by atoms with Crippen molar-refractivity contribution in [1.29, 1.82) is 0 Å². The highest BCUT2D eigenvalue weighted by atomic mass is 35.5. The topological polar surface area (TPSA) is 42.1 Å². The number of hydrogen-bond acceptors (Lipinski definition) is 3. The summed E-state index contributed by atoms with van der Waals surface area (Å²) >= 11 is 5.99. The van der Waals surface area contributed by atoms with Crippen LogP contribution in [0.25, 0.3) is 0 Å². The van der Waals surface area contributed by atoms with Gasteiger partial charge < -0.3 is 10.6 Å². The third-order valence-electron chi connectivity index (χ3n) is 4.14. The number of halogens is 1. The van der Waals surface area contributed by atoms with Gasteiger partial charge in [0.25, 0.3) is 0 Å². The van der Waals surface area contributed by atoms with E-state index in [0.29, 0.717) is 11.2 Å². The van der Waals surface area contributed by atoms with Crippen LogP contribution in [0.3, 0.4) is 0 Å². The lowest BCUT2D eigenvalue weighted by Gasteiger charge is -2.39. The summed E-state index contributed by atoms with van der Waals surface area (Å²) in [5, 5.41) is 0.536. The molecule has 92 valence electrons. The second kappa shape index (κ2) is 4.37. The van der Waals surface area contributed by atoms with Gasteiger partial charge in [-0.05, 0) is 43.7 Å². The van der Waals surface area contributed by atoms with Crippen LogP contribution >= 0.6 is 11.6 Å². The number of nitrogen functional groups attached to an aromatic ring is 1. The zero-order chi connectivity index (χ0) is 11.8. The van der Waals surface area contributed by atoms with Crippen LogP contribution in [0.1, 0.15) is 32.1 Å². The number of hydrogen-bond donors (Lipinski definition) is 1. The number of rotatable bonds is 1. The van der Waals surface area contributed by atoms with Crippen LogP contribution in [-0.4, -0.2) is 17.6 Å². The molecular formula is C13H18ClN3. The number of fused-ring (bicyclic) bond motifs is 1. The van der Waals surface area contributed by atoms with Crippen LogP contribution in [0.5, 0.6) is 0 Å². The van der Waals surface area contributed by atoms with E-state index in [-0.39, 0.29) is 0 Å². The second-order valence-corrected chi connectivity index (χ2v) is 5.53. The van der Waals surface area contributed by atoms with Gasteiger partial charge in [0.2, 0.25) is 0 Å². The van der Waals surface area contributed by atoms with Crippen molar-refractivity contribution >= 4 is 23.1 Å². The minimum absolute atomic E-state index is 0.536. The second-order valence-electron chi connectivity index (χ2n) is 5.14. The largest absolute Gasteiger partial charge is 0.396 e. The molecule has 3 nitrogen and oxygen atoms in total. The number of nitrogens with two attached hydrogens (primary N) is 1. The summed E-state index contributed by atoms with van der Waals surface area (Å²) in [7, 11) is 0. The molecule has 1 saturated heterocycles. The first kappa shape index (κ1) is 11.1. The van der Waals surface area contributed by atoms with E-state index < -0.39 is 0 Å². The third kappa shape index (κ3) is 1.97. The van der Waals surface area contributed by atoms with Crippen molar-refractivity contribution in [1.82, 2.24) is 4.98 Å². The number of anilines is 2. The molecule has 2 unspecified atom stereocenters. The Bertz CT molecular complexity index is 421. The SMILES string of the molecule is Nc1ccc(Cl)nc1N1CCCC2CCCC21. The Labute approximate surface area is 107 Å². The van der Waals surface area contributed by atoms with Gasteiger partial charge in [0, 0.05) is 12.6 Å². The average Bonchev–Trinajstić information content (AvgIpc) is 2.80. The molecule has 1 aromatic heterocycles. The third-order valence-corrected chi connectivity index (χ3v) is 4.35. The molecule has 2 fully saturated rings. The fraction of sp³-hybridized carbons (Fsp3) is 0.615. The Hall–Kier alpha value is -0.960. The minimum Gasteiger partial charge on any atom is -0.396 e. The molecular weight excluding hydrogens is 234 g/mol. The Morgan fingerprint density at radius 2 is 2.06 bits per heavy atom. The van der Waals surface area contributed by atoms with Gasteiger partial charge in [-0.15, -0.1) is 0 Å². The number of piperidine rings is 1. The zero-order valence-electron chi connectivity index (χ0n) is 9.90. The minimum atomic E-state index is 0.536. The van der Waals surface area contributed by atoms with Gasteiger partial charge in [0.05, 0.1) is 5.69 Å². The molecule has 2 N–H and O–H groups in total. The van der Waals surface area contributed by atoms with Crippen LogP contribution in [-0.2, 0) is 0 Å². The molecule has 3 rings (SSSR count). The van der Waals surface area contributed by atoms with Crippen LogP contribution in [0.4, 0.5) is 11.5 Å². The molecule has 1 saturated carbocycles. The Kier molecular flexibility index (Phi) is 2.87. The first-order valence-corrected chi connectivity index (χ1v) is 6.82. The highest BCUT2D eigenvalue weighted by Gasteiger charge is 2.36. The quantitative estimate of drug-likeness (QED) is 0.780. The first-order chi connectivity index (χ1) is 8.25. The molecule has 2 atom stereocenters. The van der Waals surface area contributed by atoms with Gasteiger partial charge in [-0.3, -0.25) is 0 Å². The fourth-order valence-corrected chi connectivity index (χ4v) is 3.53. The van der Waals surface area contributed by atoms with E-state index in [9.17, 15) is 0 Å². The van der Waals surface area contributed by atoms with E-state index in [1.54, 1.807) is 6.07 Å². The fourth-order valence-electron chi connectivity index (χ4n) is 3.38. The van der Waals surface area contributed by atoms with E-state index in [0.717, 1.165) is 24.0 Å². The van der Waals surface area contributed by atoms with Crippen molar-refractivity contribution in [3.05, 3.63) is 17.3 Å². The smallest absolute Gasteiger partial charge is 0.153 e. The van der Waals surface area contributed by atoms with Crippen molar-refractivity contribution in [3.63, 3.8) is 0 Å². The number of nitrogens with zero attached hydrogens (tertiary/aromatic N) is 2. The van der Waals surface area contributed by atoms with Gasteiger partial charge in [0.1, 0.15) is 5.15 Å². The van der Waals surface area contributed by atoms with Crippen molar-refractivity contribution < 1.29 is 0 Å². The maximum absolute atomic E-state index is 6.04. The van der Waals surface area contributed by atoms with E-state index >= 15 is 0 Å². The number of aromatic nitrogens is 1. The highest BCUT2D eigenvalue weighted by molar-refractivity contribution is 6.29. The molecule has 0 bridgehead atoms. The molecule has 2 heterocycles. The molecule has 0 aromatic carbocycles. The maximum atomic E-state index is 6.04. The van der Waals surface area contributed by atoms with E-state index in [1.165, 1.54) is 32.1 Å². The van der Waals surface area contributed by atoms with E-state index in [4.69, 9.17) is 17.3 Å². The molecule has 1 aliphatic carbocycles. The van der Waals surface area contributed by atoms with Crippen LogP contribution < -0.4 is 10.6 Å². The molecule has 0 radical (unpaired) electrons. The van der Waals surface area contributed by atoms with E-state index in [1.807, 2.05) is 6.07 Å². The van der Waals surface area contributed by atoms with Crippen molar-refractivity contribution in [2.24, 2.45) is 5.92 Å². The summed E-state index contributed by atoms with van der Waals surface area (Å²) in [5.41, 5.74) is 6.79. The maximum Gasteiger partial charge on any atom is 0.153 e. The summed E-state index contributed by atoms with van der Waals surface area (Å²) in [6, 6.07) is 4.26. The lowest BCUT2D eigenvalue weighted by atomic mass is 9.92. The van der Waals surface area contributed by atoms with Gasteiger partial charge in [-0.2, -0.15) is 0 Å². The Morgan fingerprint density at radius 1 is 1.24 bits per heavy atom. The molecule has 4 heteroatoms. The summed E-state index contributed by atoms with van der Waals surface area (Å²) in [5.74, 6) is 1.73. The lowest BCUT2D eigenvalue weighted by molar-refractivity contribution is 0.361. The van der Waals surface area contributed by atoms with Crippen LogP contribution in [0.2, 0.25) is 5.15 Å². The van der Waals surface area contributed by atoms with Gasteiger partial charge >= 0.3 is 0 Å². The number of pyridine rings is 1. The predicted molar refractivity (Wildman–Crippen MR) is 71.4 cm³/mol. The summed E-state index contributed by atoms with van der Waals surface area (Å²) in [4.78, 5) is 6.81. The predicted octanol–water partition coefficient (Wildman–Crippen LogP) is 3.09. The molecule has 1 aliphatic heterocycles. The zero-order valence-corrected chi connectivity index (χ0v) is 10.7. The Morgan fingerprint density at radius 3 is 2.94 bits per heavy atom. The van der Waals surface area contributed by atoms with Crippen molar-refractivity contribution in [2.45, 2.75) is 38.1 Å². The molecule has 1 aromatic rings. The van der Waals surface area contributed by atoms with E-state index in [2.05, 4.69) is 9.88 Å². The van der Waals surface area contributed by atoms with Crippen molar-refractivity contribution in [3.8, 4) is 0 Å². The first-order valence-electron chi connectivity index (χ1n) is 6.44.